The third-order valence-corrected chi connectivity index (χ3v) is 4.50. The van der Waals surface area contributed by atoms with Crippen LogP contribution in [0.25, 0.3) is 0 Å². The molecule has 0 bridgehead atoms. The van der Waals surface area contributed by atoms with Crippen molar-refractivity contribution in [2.24, 2.45) is 0 Å². The van der Waals surface area contributed by atoms with Gasteiger partial charge in [0.25, 0.3) is 0 Å². The van der Waals surface area contributed by atoms with E-state index < -0.39 is 0 Å². The highest BCUT2D eigenvalue weighted by Gasteiger charge is 2.17. The SMILES string of the molecule is CNC(Cc1ccc(F)cc1Br)c1cccc(Br)c1F. The molecule has 0 aliphatic carbocycles. The molecule has 0 heterocycles. The maximum atomic E-state index is 14.1. The van der Waals surface area contributed by atoms with E-state index >= 15 is 0 Å². The summed E-state index contributed by atoms with van der Waals surface area (Å²) in [5.74, 6) is -0.569. The lowest BCUT2D eigenvalue weighted by atomic mass is 9.98. The number of halogens is 4. The minimum atomic E-state index is -0.296. The Kier molecular flexibility index (Phi) is 5.29. The molecule has 1 atom stereocenters. The highest BCUT2D eigenvalue weighted by molar-refractivity contribution is 9.10. The van der Waals surface area contributed by atoms with Gasteiger partial charge < -0.3 is 5.32 Å². The molecule has 1 nitrogen and oxygen atoms in total. The van der Waals surface area contributed by atoms with Crippen molar-refractivity contribution >= 4 is 31.9 Å². The molecular weight excluding hydrogens is 392 g/mol. The summed E-state index contributed by atoms with van der Waals surface area (Å²) >= 11 is 6.53. The van der Waals surface area contributed by atoms with Crippen LogP contribution in [0.1, 0.15) is 17.2 Å². The molecule has 0 amide bonds. The van der Waals surface area contributed by atoms with Crippen molar-refractivity contribution < 1.29 is 8.78 Å². The Hall–Kier alpha value is -0.780. The van der Waals surface area contributed by atoms with E-state index in [4.69, 9.17) is 0 Å². The van der Waals surface area contributed by atoms with Gasteiger partial charge in [-0.25, -0.2) is 8.78 Å². The van der Waals surface area contributed by atoms with Gasteiger partial charge in [0.1, 0.15) is 11.6 Å². The van der Waals surface area contributed by atoms with Crippen LogP contribution in [0, 0.1) is 11.6 Å². The normalized spacial score (nSPS) is 12.4. The van der Waals surface area contributed by atoms with Gasteiger partial charge in [-0.15, -0.1) is 0 Å². The second-order valence-electron chi connectivity index (χ2n) is 4.42. The maximum Gasteiger partial charge on any atom is 0.142 e. The first-order chi connectivity index (χ1) is 9.52. The molecule has 0 radical (unpaired) electrons. The first kappa shape index (κ1) is 15.6. The van der Waals surface area contributed by atoms with Gasteiger partial charge in [-0.1, -0.05) is 34.1 Å². The zero-order chi connectivity index (χ0) is 14.7. The molecule has 20 heavy (non-hydrogen) atoms. The van der Waals surface area contributed by atoms with E-state index in [0.717, 1.165) is 5.56 Å². The molecule has 1 N–H and O–H groups in total. The first-order valence-corrected chi connectivity index (χ1v) is 7.66. The van der Waals surface area contributed by atoms with Crippen LogP contribution in [0.15, 0.2) is 45.3 Å². The number of likely N-dealkylation sites (N-methyl/N-ethyl adjacent to an activating group) is 1. The Morgan fingerprint density at radius 2 is 1.85 bits per heavy atom. The molecule has 0 aliphatic rings. The summed E-state index contributed by atoms with van der Waals surface area (Å²) in [6, 6.07) is 9.56. The van der Waals surface area contributed by atoms with Crippen LogP contribution in [0.5, 0.6) is 0 Å². The average molecular weight is 405 g/mol. The quantitative estimate of drug-likeness (QED) is 0.756. The molecule has 0 saturated heterocycles. The molecule has 106 valence electrons. The summed E-state index contributed by atoms with van der Waals surface area (Å²) in [6.45, 7) is 0. The van der Waals surface area contributed by atoms with Crippen LogP contribution in [0.2, 0.25) is 0 Å². The fourth-order valence-corrected chi connectivity index (χ4v) is 2.96. The van der Waals surface area contributed by atoms with Crippen molar-refractivity contribution in [3.05, 3.63) is 68.1 Å². The molecule has 5 heteroatoms. The van der Waals surface area contributed by atoms with Crippen molar-refractivity contribution in [2.45, 2.75) is 12.5 Å². The highest BCUT2D eigenvalue weighted by atomic mass is 79.9. The summed E-state index contributed by atoms with van der Waals surface area (Å²) in [5.41, 5.74) is 1.50. The Labute approximate surface area is 133 Å². The van der Waals surface area contributed by atoms with Crippen molar-refractivity contribution in [1.29, 1.82) is 0 Å². The molecular formula is C15H13Br2F2N. The van der Waals surface area contributed by atoms with E-state index in [-0.39, 0.29) is 17.7 Å². The summed E-state index contributed by atoms with van der Waals surface area (Å²) in [5, 5.41) is 3.10. The molecule has 2 aromatic carbocycles. The summed E-state index contributed by atoms with van der Waals surface area (Å²) in [4.78, 5) is 0. The van der Waals surface area contributed by atoms with E-state index in [0.29, 0.717) is 20.9 Å². The number of rotatable bonds is 4. The second-order valence-corrected chi connectivity index (χ2v) is 6.13. The van der Waals surface area contributed by atoms with E-state index in [1.54, 1.807) is 31.3 Å². The van der Waals surface area contributed by atoms with Crippen molar-refractivity contribution in [2.75, 3.05) is 7.05 Å². The smallest absolute Gasteiger partial charge is 0.142 e. The second kappa shape index (κ2) is 6.78. The van der Waals surface area contributed by atoms with Crippen LogP contribution in [0.3, 0.4) is 0 Å². The predicted molar refractivity (Wildman–Crippen MR) is 83.7 cm³/mol. The van der Waals surface area contributed by atoms with Crippen LogP contribution >= 0.6 is 31.9 Å². The van der Waals surface area contributed by atoms with E-state index in [1.807, 2.05) is 0 Å². The predicted octanol–water partition coefficient (Wildman–Crippen LogP) is 4.99. The van der Waals surface area contributed by atoms with Crippen molar-refractivity contribution in [3.63, 3.8) is 0 Å². The minimum absolute atomic E-state index is 0.186. The van der Waals surface area contributed by atoms with E-state index in [9.17, 15) is 8.78 Å². The average Bonchev–Trinajstić information content (AvgIpc) is 2.42. The van der Waals surface area contributed by atoms with Gasteiger partial charge in [-0.3, -0.25) is 0 Å². The molecule has 0 aromatic heterocycles. The van der Waals surface area contributed by atoms with Crippen LogP contribution in [0.4, 0.5) is 8.78 Å². The molecule has 2 rings (SSSR count). The van der Waals surface area contributed by atoms with E-state index in [2.05, 4.69) is 37.2 Å². The molecule has 0 aliphatic heterocycles. The van der Waals surface area contributed by atoms with Crippen molar-refractivity contribution in [3.8, 4) is 0 Å². The number of hydrogen-bond donors (Lipinski definition) is 1. The van der Waals surface area contributed by atoms with Gasteiger partial charge in [0.15, 0.2) is 0 Å². The molecule has 0 spiro atoms. The van der Waals surface area contributed by atoms with Crippen LogP contribution < -0.4 is 5.32 Å². The van der Waals surface area contributed by atoms with Gasteiger partial charge >= 0.3 is 0 Å². The molecule has 0 saturated carbocycles. The van der Waals surface area contributed by atoms with E-state index in [1.165, 1.54) is 12.1 Å². The zero-order valence-corrected chi connectivity index (χ0v) is 13.9. The fraction of sp³-hybridized carbons (Fsp3) is 0.200. The Morgan fingerprint density at radius 3 is 2.50 bits per heavy atom. The Bertz CT molecular complexity index is 617. The fourth-order valence-electron chi connectivity index (χ4n) is 2.06. The zero-order valence-electron chi connectivity index (χ0n) is 10.8. The summed E-state index contributed by atoms with van der Waals surface area (Å²) in [6.07, 6.45) is 0.560. The first-order valence-electron chi connectivity index (χ1n) is 6.08. The van der Waals surface area contributed by atoms with Gasteiger partial charge in [0.2, 0.25) is 0 Å². The third kappa shape index (κ3) is 3.45. The van der Waals surface area contributed by atoms with Crippen LogP contribution in [-0.2, 0) is 6.42 Å². The van der Waals surface area contributed by atoms with Gasteiger partial charge in [0.05, 0.1) is 4.47 Å². The standard InChI is InChI=1S/C15H13Br2F2N/c1-20-14(11-3-2-4-12(16)15(11)19)7-9-5-6-10(18)8-13(9)17/h2-6,8,14,20H,7H2,1H3. The highest BCUT2D eigenvalue weighted by Crippen LogP contribution is 2.28. The summed E-state index contributed by atoms with van der Waals surface area (Å²) in [7, 11) is 1.78. The molecule has 2 aromatic rings. The summed E-state index contributed by atoms with van der Waals surface area (Å²) < 4.78 is 28.4. The largest absolute Gasteiger partial charge is 0.313 e. The maximum absolute atomic E-state index is 14.1. The lowest BCUT2D eigenvalue weighted by Gasteiger charge is -2.19. The van der Waals surface area contributed by atoms with Gasteiger partial charge in [-0.2, -0.15) is 0 Å². The van der Waals surface area contributed by atoms with Crippen molar-refractivity contribution in [1.82, 2.24) is 5.32 Å². The monoisotopic (exact) mass is 403 g/mol. The third-order valence-electron chi connectivity index (χ3n) is 3.14. The Balaban J connectivity index is 2.31. The number of hydrogen-bond acceptors (Lipinski definition) is 1. The number of nitrogens with one attached hydrogen (secondary N) is 1. The lowest BCUT2D eigenvalue weighted by Crippen LogP contribution is -2.20. The lowest BCUT2D eigenvalue weighted by molar-refractivity contribution is 0.529. The molecule has 1 unspecified atom stereocenters. The Morgan fingerprint density at radius 1 is 1.10 bits per heavy atom. The van der Waals surface area contributed by atoms with Gasteiger partial charge in [-0.05, 0) is 53.2 Å². The van der Waals surface area contributed by atoms with Crippen LogP contribution in [-0.4, -0.2) is 7.05 Å². The minimum Gasteiger partial charge on any atom is -0.313 e. The van der Waals surface area contributed by atoms with Gasteiger partial charge in [0, 0.05) is 16.1 Å². The number of benzene rings is 2. The topological polar surface area (TPSA) is 12.0 Å². The molecule has 0 fully saturated rings.